The van der Waals surface area contributed by atoms with Crippen LogP contribution in [0.3, 0.4) is 0 Å². The Morgan fingerprint density at radius 1 is 1.41 bits per heavy atom. The number of piperidine rings is 1. The van der Waals surface area contributed by atoms with Gasteiger partial charge in [0.1, 0.15) is 15.9 Å². The summed E-state index contributed by atoms with van der Waals surface area (Å²) in [6.07, 6.45) is 5.58. The van der Waals surface area contributed by atoms with Gasteiger partial charge in [0.15, 0.2) is 5.82 Å². The number of anilines is 1. The molecular formula is C14H17BrN6O. The van der Waals surface area contributed by atoms with Crippen molar-refractivity contribution in [3.63, 3.8) is 0 Å². The van der Waals surface area contributed by atoms with Crippen LogP contribution in [0.1, 0.15) is 24.6 Å². The van der Waals surface area contributed by atoms with E-state index in [-0.39, 0.29) is 11.8 Å². The fourth-order valence-electron chi connectivity index (χ4n) is 3.53. The molecule has 0 aromatic carbocycles. The quantitative estimate of drug-likeness (QED) is 0.779. The van der Waals surface area contributed by atoms with Gasteiger partial charge in [-0.05, 0) is 28.8 Å². The van der Waals surface area contributed by atoms with Crippen LogP contribution >= 0.6 is 15.9 Å². The molecule has 3 N–H and O–H groups in total. The zero-order valence-corrected chi connectivity index (χ0v) is 13.6. The summed E-state index contributed by atoms with van der Waals surface area (Å²) in [7, 11) is 0. The number of carbonyl (C=O) groups is 1. The number of amides is 1. The Labute approximate surface area is 136 Å². The summed E-state index contributed by atoms with van der Waals surface area (Å²) in [4.78, 5) is 22.9. The van der Waals surface area contributed by atoms with Crippen LogP contribution < -0.4 is 11.1 Å². The minimum Gasteiger partial charge on any atom is -0.382 e. The van der Waals surface area contributed by atoms with E-state index in [1.54, 1.807) is 6.20 Å². The van der Waals surface area contributed by atoms with Gasteiger partial charge in [-0.1, -0.05) is 0 Å². The van der Waals surface area contributed by atoms with E-state index in [1.165, 1.54) is 0 Å². The molecule has 2 fully saturated rings. The van der Waals surface area contributed by atoms with E-state index in [2.05, 4.69) is 31.2 Å². The lowest BCUT2D eigenvalue weighted by molar-refractivity contribution is -0.136. The molecule has 7 nitrogen and oxygen atoms in total. The second-order valence-corrected chi connectivity index (χ2v) is 6.65. The Morgan fingerprint density at radius 3 is 3.14 bits per heavy atom. The van der Waals surface area contributed by atoms with E-state index < -0.39 is 0 Å². The van der Waals surface area contributed by atoms with Gasteiger partial charge in [-0.2, -0.15) is 0 Å². The minimum atomic E-state index is 0.182. The van der Waals surface area contributed by atoms with E-state index in [9.17, 15) is 4.79 Å². The van der Waals surface area contributed by atoms with Gasteiger partial charge < -0.3 is 16.0 Å². The number of imidazole rings is 1. The summed E-state index contributed by atoms with van der Waals surface area (Å²) < 4.78 is 2.70. The molecule has 0 unspecified atom stereocenters. The van der Waals surface area contributed by atoms with Crippen molar-refractivity contribution in [1.82, 2.24) is 24.6 Å². The van der Waals surface area contributed by atoms with Gasteiger partial charge in [-0.15, -0.1) is 0 Å². The summed E-state index contributed by atoms with van der Waals surface area (Å²) in [5.41, 5.74) is 6.75. The van der Waals surface area contributed by atoms with Gasteiger partial charge in [0, 0.05) is 37.4 Å². The highest BCUT2D eigenvalue weighted by atomic mass is 79.9. The Bertz CT molecular complexity index is 744. The van der Waals surface area contributed by atoms with Gasteiger partial charge in [0.05, 0.1) is 6.54 Å². The van der Waals surface area contributed by atoms with E-state index >= 15 is 0 Å². The molecule has 8 heteroatoms. The number of hydrogen-bond donors (Lipinski definition) is 2. The molecule has 22 heavy (non-hydrogen) atoms. The van der Waals surface area contributed by atoms with Crippen molar-refractivity contribution in [3.05, 3.63) is 22.8 Å². The molecule has 0 aliphatic carbocycles. The van der Waals surface area contributed by atoms with Gasteiger partial charge in [-0.3, -0.25) is 9.20 Å². The smallest absolute Gasteiger partial charge is 0.236 e. The largest absolute Gasteiger partial charge is 0.382 e. The van der Waals surface area contributed by atoms with Crippen LogP contribution in [0.5, 0.6) is 0 Å². The molecule has 2 aliphatic heterocycles. The van der Waals surface area contributed by atoms with Crippen LogP contribution in [0.15, 0.2) is 17.0 Å². The average Bonchev–Trinajstić information content (AvgIpc) is 2.86. The third-order valence-corrected chi connectivity index (χ3v) is 5.17. The Morgan fingerprint density at radius 2 is 2.27 bits per heavy atom. The van der Waals surface area contributed by atoms with Crippen molar-refractivity contribution >= 4 is 33.2 Å². The number of nitrogens with one attached hydrogen (secondary N) is 1. The maximum absolute atomic E-state index is 12.1. The first-order valence-corrected chi connectivity index (χ1v) is 8.22. The zero-order chi connectivity index (χ0) is 15.3. The van der Waals surface area contributed by atoms with Gasteiger partial charge in [0.25, 0.3) is 0 Å². The molecule has 0 radical (unpaired) electrons. The first-order chi connectivity index (χ1) is 10.6. The summed E-state index contributed by atoms with van der Waals surface area (Å²) in [5, 5.41) is 3.19. The number of rotatable bonds is 1. The molecule has 2 aromatic heterocycles. The number of carbonyl (C=O) groups excluding carboxylic acids is 1. The third-order valence-electron chi connectivity index (χ3n) is 4.62. The number of piperazine rings is 1. The molecule has 116 valence electrons. The van der Waals surface area contributed by atoms with E-state index in [1.807, 2.05) is 15.5 Å². The lowest BCUT2D eigenvalue weighted by Crippen LogP contribution is -2.57. The molecule has 2 saturated heterocycles. The standard InChI is InChI=1S/C14H17BrN6O/c15-12-11-13(16)18-3-4-20(11)14(19-12)8-1-2-9-5-17-6-10(22)21(9)7-8/h3-4,8-9,17H,1-2,5-7H2,(H2,16,18)/t8-,9-/m1/s1. The molecule has 0 spiro atoms. The molecule has 2 aliphatic rings. The first-order valence-electron chi connectivity index (χ1n) is 7.43. The van der Waals surface area contributed by atoms with Crippen LogP contribution in [0, 0.1) is 0 Å². The number of fused-ring (bicyclic) bond motifs is 2. The molecule has 4 rings (SSSR count). The Kier molecular flexibility index (Phi) is 3.30. The van der Waals surface area contributed by atoms with Crippen LogP contribution in [0.25, 0.3) is 5.52 Å². The van der Waals surface area contributed by atoms with Crippen LogP contribution in [-0.2, 0) is 4.79 Å². The minimum absolute atomic E-state index is 0.182. The summed E-state index contributed by atoms with van der Waals surface area (Å²) >= 11 is 3.47. The van der Waals surface area contributed by atoms with Gasteiger partial charge in [-0.25, -0.2) is 9.97 Å². The van der Waals surface area contributed by atoms with Crippen molar-refractivity contribution in [3.8, 4) is 0 Å². The summed E-state index contributed by atoms with van der Waals surface area (Å²) in [6, 6.07) is 0.318. The SMILES string of the molecule is Nc1nccn2c([C@@H]3CC[C@@H]4CNCC(=O)N4C3)nc(Br)c12. The van der Waals surface area contributed by atoms with E-state index in [0.29, 0.717) is 23.0 Å². The molecule has 0 bridgehead atoms. The lowest BCUT2D eigenvalue weighted by atomic mass is 9.91. The number of nitrogens with two attached hydrogens (primary N) is 1. The molecule has 2 aromatic rings. The number of hydrogen-bond acceptors (Lipinski definition) is 5. The van der Waals surface area contributed by atoms with Crippen LogP contribution in [0.2, 0.25) is 0 Å². The highest BCUT2D eigenvalue weighted by Crippen LogP contribution is 2.33. The monoisotopic (exact) mass is 364 g/mol. The highest BCUT2D eigenvalue weighted by molar-refractivity contribution is 9.10. The maximum atomic E-state index is 12.1. The van der Waals surface area contributed by atoms with Crippen LogP contribution in [0.4, 0.5) is 5.82 Å². The maximum Gasteiger partial charge on any atom is 0.236 e. The fourth-order valence-corrected chi connectivity index (χ4v) is 4.11. The molecule has 0 saturated carbocycles. The predicted octanol–water partition coefficient (Wildman–Crippen LogP) is 0.752. The number of aromatic nitrogens is 3. The topological polar surface area (TPSA) is 88.5 Å². The van der Waals surface area contributed by atoms with Crippen molar-refractivity contribution in [2.24, 2.45) is 0 Å². The second-order valence-electron chi connectivity index (χ2n) is 5.90. The molecular weight excluding hydrogens is 348 g/mol. The first kappa shape index (κ1) is 14.0. The van der Waals surface area contributed by atoms with Crippen molar-refractivity contribution in [2.45, 2.75) is 24.8 Å². The van der Waals surface area contributed by atoms with Crippen molar-refractivity contribution < 1.29 is 4.79 Å². The molecule has 4 heterocycles. The van der Waals surface area contributed by atoms with E-state index in [4.69, 9.17) is 5.73 Å². The highest BCUT2D eigenvalue weighted by Gasteiger charge is 2.36. The van der Waals surface area contributed by atoms with Gasteiger partial charge >= 0.3 is 0 Å². The van der Waals surface area contributed by atoms with Crippen LogP contribution in [-0.4, -0.2) is 50.9 Å². The Hall–Kier alpha value is -1.67. The number of nitrogens with zero attached hydrogens (tertiary/aromatic N) is 4. The Balaban J connectivity index is 1.71. The van der Waals surface area contributed by atoms with Crippen molar-refractivity contribution in [1.29, 1.82) is 0 Å². The summed E-state index contributed by atoms with van der Waals surface area (Å²) in [5.74, 6) is 1.81. The fraction of sp³-hybridized carbons (Fsp3) is 0.500. The number of nitrogen functional groups attached to an aromatic ring is 1. The molecule has 1 amide bonds. The molecule has 2 atom stereocenters. The van der Waals surface area contributed by atoms with Crippen molar-refractivity contribution in [2.75, 3.05) is 25.4 Å². The normalized spacial score (nSPS) is 25.5. The second kappa shape index (κ2) is 5.20. The zero-order valence-electron chi connectivity index (χ0n) is 12.0. The summed E-state index contributed by atoms with van der Waals surface area (Å²) in [6.45, 7) is 2.05. The predicted molar refractivity (Wildman–Crippen MR) is 85.4 cm³/mol. The van der Waals surface area contributed by atoms with E-state index in [0.717, 1.165) is 37.3 Å². The average molecular weight is 365 g/mol. The third kappa shape index (κ3) is 2.09. The lowest BCUT2D eigenvalue weighted by Gasteiger charge is -2.42. The number of halogens is 1. The van der Waals surface area contributed by atoms with Gasteiger partial charge in [0.2, 0.25) is 5.91 Å².